The van der Waals surface area contributed by atoms with E-state index in [-0.39, 0.29) is 0 Å². The highest BCUT2D eigenvalue weighted by atomic mass is 35.5. The fourth-order valence-electron chi connectivity index (χ4n) is 2.38. The quantitative estimate of drug-likeness (QED) is 0.665. The Morgan fingerprint density at radius 3 is 2.56 bits per heavy atom. The van der Waals surface area contributed by atoms with Gasteiger partial charge in [-0.1, -0.05) is 41.9 Å². The lowest BCUT2D eigenvalue weighted by atomic mass is 10.2. The summed E-state index contributed by atoms with van der Waals surface area (Å²) in [6, 6.07) is 17.5. The summed E-state index contributed by atoms with van der Waals surface area (Å²) >= 11 is 6.16. The maximum Gasteiger partial charge on any atom is 0.229 e. The third kappa shape index (κ3) is 4.61. The third-order valence-corrected chi connectivity index (χ3v) is 3.87. The molecular formula is C19H19ClN4O. The zero-order chi connectivity index (χ0) is 17.6. The largest absolute Gasteiger partial charge is 0.495 e. The monoisotopic (exact) mass is 354 g/mol. The number of aryl methyl sites for hydroxylation is 1. The van der Waals surface area contributed by atoms with Gasteiger partial charge in [0.1, 0.15) is 11.6 Å². The van der Waals surface area contributed by atoms with Gasteiger partial charge in [-0.2, -0.15) is 4.98 Å². The first-order valence-corrected chi connectivity index (χ1v) is 8.26. The maximum atomic E-state index is 6.16. The Labute approximate surface area is 152 Å². The van der Waals surface area contributed by atoms with Gasteiger partial charge in [-0.25, -0.2) is 4.98 Å². The molecule has 128 valence electrons. The molecule has 25 heavy (non-hydrogen) atoms. The van der Waals surface area contributed by atoms with E-state index in [1.807, 2.05) is 37.3 Å². The molecule has 0 radical (unpaired) electrons. The molecule has 0 aliphatic rings. The van der Waals surface area contributed by atoms with Crippen molar-refractivity contribution in [2.75, 3.05) is 17.7 Å². The molecule has 0 aliphatic carbocycles. The molecule has 0 aliphatic heterocycles. The summed E-state index contributed by atoms with van der Waals surface area (Å²) in [5.41, 5.74) is 2.85. The van der Waals surface area contributed by atoms with Gasteiger partial charge in [-0.3, -0.25) is 0 Å². The second kappa shape index (κ2) is 7.85. The van der Waals surface area contributed by atoms with Crippen LogP contribution in [0, 0.1) is 6.92 Å². The molecule has 0 unspecified atom stereocenters. The molecule has 3 rings (SSSR count). The average Bonchev–Trinajstić information content (AvgIpc) is 2.61. The SMILES string of the molecule is COc1ccc(Nc2nc(C)cc(NCc3ccccc3)n2)cc1Cl. The number of nitrogens with one attached hydrogen (secondary N) is 2. The highest BCUT2D eigenvalue weighted by Gasteiger charge is 2.06. The minimum absolute atomic E-state index is 0.511. The van der Waals surface area contributed by atoms with Crippen LogP contribution in [-0.2, 0) is 6.54 Å². The molecule has 0 saturated heterocycles. The summed E-state index contributed by atoms with van der Waals surface area (Å²) in [5, 5.41) is 7.02. The number of nitrogens with zero attached hydrogens (tertiary/aromatic N) is 2. The number of ether oxygens (including phenoxy) is 1. The Balaban J connectivity index is 1.74. The van der Waals surface area contributed by atoms with Crippen LogP contribution >= 0.6 is 11.6 Å². The lowest BCUT2D eigenvalue weighted by Gasteiger charge is -2.11. The topological polar surface area (TPSA) is 59.1 Å². The average molecular weight is 355 g/mol. The van der Waals surface area contributed by atoms with Crippen molar-refractivity contribution >= 4 is 29.1 Å². The van der Waals surface area contributed by atoms with E-state index in [1.54, 1.807) is 19.2 Å². The van der Waals surface area contributed by atoms with Crippen LogP contribution in [0.5, 0.6) is 5.75 Å². The third-order valence-electron chi connectivity index (χ3n) is 3.58. The Morgan fingerprint density at radius 2 is 1.84 bits per heavy atom. The van der Waals surface area contributed by atoms with Gasteiger partial charge in [-0.15, -0.1) is 0 Å². The molecule has 1 aromatic heterocycles. The van der Waals surface area contributed by atoms with E-state index in [2.05, 4.69) is 32.7 Å². The van der Waals surface area contributed by atoms with Crippen LogP contribution in [-0.4, -0.2) is 17.1 Å². The normalized spacial score (nSPS) is 10.4. The number of benzene rings is 2. The summed E-state index contributed by atoms with van der Waals surface area (Å²) in [6.45, 7) is 2.63. The summed E-state index contributed by atoms with van der Waals surface area (Å²) < 4.78 is 5.16. The van der Waals surface area contributed by atoms with Crippen molar-refractivity contribution in [3.63, 3.8) is 0 Å². The van der Waals surface area contributed by atoms with Crippen molar-refractivity contribution in [3.8, 4) is 5.75 Å². The molecular weight excluding hydrogens is 336 g/mol. The predicted octanol–water partition coefficient (Wildman–Crippen LogP) is 4.80. The lowest BCUT2D eigenvalue weighted by molar-refractivity contribution is 0.415. The lowest BCUT2D eigenvalue weighted by Crippen LogP contribution is -2.05. The van der Waals surface area contributed by atoms with Crippen LogP contribution in [0.15, 0.2) is 54.6 Å². The number of rotatable bonds is 6. The van der Waals surface area contributed by atoms with E-state index in [4.69, 9.17) is 16.3 Å². The second-order valence-electron chi connectivity index (χ2n) is 5.53. The van der Waals surface area contributed by atoms with Gasteiger partial charge in [-0.05, 0) is 30.7 Å². The Morgan fingerprint density at radius 1 is 1.04 bits per heavy atom. The molecule has 2 aromatic carbocycles. The van der Waals surface area contributed by atoms with Crippen molar-refractivity contribution in [2.24, 2.45) is 0 Å². The Kier molecular flexibility index (Phi) is 5.36. The number of halogens is 1. The van der Waals surface area contributed by atoms with Gasteiger partial charge in [0.05, 0.1) is 12.1 Å². The molecule has 6 heteroatoms. The van der Waals surface area contributed by atoms with Crippen molar-refractivity contribution in [1.82, 2.24) is 9.97 Å². The van der Waals surface area contributed by atoms with E-state index in [9.17, 15) is 0 Å². The van der Waals surface area contributed by atoms with Crippen molar-refractivity contribution in [2.45, 2.75) is 13.5 Å². The number of anilines is 3. The molecule has 0 amide bonds. The van der Waals surface area contributed by atoms with E-state index < -0.39 is 0 Å². The molecule has 2 N–H and O–H groups in total. The van der Waals surface area contributed by atoms with Gasteiger partial charge < -0.3 is 15.4 Å². The van der Waals surface area contributed by atoms with Gasteiger partial charge in [0, 0.05) is 24.0 Å². The van der Waals surface area contributed by atoms with Crippen LogP contribution in [0.2, 0.25) is 5.02 Å². The fraction of sp³-hybridized carbons (Fsp3) is 0.158. The van der Waals surface area contributed by atoms with Crippen LogP contribution in [0.1, 0.15) is 11.3 Å². The van der Waals surface area contributed by atoms with Gasteiger partial charge in [0.25, 0.3) is 0 Å². The highest BCUT2D eigenvalue weighted by Crippen LogP contribution is 2.28. The fourth-order valence-corrected chi connectivity index (χ4v) is 2.63. The van der Waals surface area contributed by atoms with E-state index in [1.165, 1.54) is 5.56 Å². The van der Waals surface area contributed by atoms with Crippen LogP contribution in [0.25, 0.3) is 0 Å². The molecule has 0 fully saturated rings. The first kappa shape index (κ1) is 17.0. The standard InChI is InChI=1S/C19H19ClN4O/c1-13-10-18(21-12-14-6-4-3-5-7-14)24-19(22-13)23-15-8-9-17(25-2)16(20)11-15/h3-11H,12H2,1-2H3,(H2,21,22,23,24). The van der Waals surface area contributed by atoms with Crippen molar-refractivity contribution < 1.29 is 4.74 Å². The first-order valence-electron chi connectivity index (χ1n) is 7.88. The van der Waals surface area contributed by atoms with E-state index in [0.29, 0.717) is 23.3 Å². The zero-order valence-electron chi connectivity index (χ0n) is 14.1. The van der Waals surface area contributed by atoms with Gasteiger partial charge >= 0.3 is 0 Å². The molecule has 0 saturated carbocycles. The smallest absolute Gasteiger partial charge is 0.229 e. The minimum atomic E-state index is 0.511. The van der Waals surface area contributed by atoms with Crippen LogP contribution in [0.3, 0.4) is 0 Å². The Hall–Kier alpha value is -2.79. The molecule has 3 aromatic rings. The summed E-state index contributed by atoms with van der Waals surface area (Å²) in [5.74, 6) is 1.90. The zero-order valence-corrected chi connectivity index (χ0v) is 14.8. The van der Waals surface area contributed by atoms with Crippen LogP contribution < -0.4 is 15.4 Å². The highest BCUT2D eigenvalue weighted by molar-refractivity contribution is 6.32. The number of aromatic nitrogens is 2. The Bertz CT molecular complexity index is 855. The number of hydrogen-bond acceptors (Lipinski definition) is 5. The summed E-state index contributed by atoms with van der Waals surface area (Å²) in [4.78, 5) is 8.93. The van der Waals surface area contributed by atoms with Crippen LogP contribution in [0.4, 0.5) is 17.5 Å². The molecule has 1 heterocycles. The first-order chi connectivity index (χ1) is 12.1. The van der Waals surface area contributed by atoms with Gasteiger partial charge in [0.15, 0.2) is 0 Å². The predicted molar refractivity (Wildman–Crippen MR) is 102 cm³/mol. The molecule has 0 bridgehead atoms. The number of methoxy groups -OCH3 is 1. The second-order valence-corrected chi connectivity index (χ2v) is 5.94. The van der Waals surface area contributed by atoms with E-state index in [0.717, 1.165) is 17.2 Å². The molecule has 5 nitrogen and oxygen atoms in total. The summed E-state index contributed by atoms with van der Waals surface area (Å²) in [7, 11) is 1.59. The minimum Gasteiger partial charge on any atom is -0.495 e. The molecule has 0 spiro atoms. The van der Waals surface area contributed by atoms with Gasteiger partial charge in [0.2, 0.25) is 5.95 Å². The number of hydrogen-bond donors (Lipinski definition) is 2. The molecule has 0 atom stereocenters. The van der Waals surface area contributed by atoms with Crippen molar-refractivity contribution in [3.05, 3.63) is 70.9 Å². The van der Waals surface area contributed by atoms with E-state index >= 15 is 0 Å². The summed E-state index contributed by atoms with van der Waals surface area (Å²) in [6.07, 6.45) is 0. The van der Waals surface area contributed by atoms with Crippen molar-refractivity contribution in [1.29, 1.82) is 0 Å². The maximum absolute atomic E-state index is 6.16.